The maximum Gasteiger partial charge on any atom is 0.0836 e. The molecule has 0 saturated heterocycles. The van der Waals surface area contributed by atoms with Gasteiger partial charge in [0.15, 0.2) is 0 Å². The third-order valence-electron chi connectivity index (χ3n) is 25.4. The van der Waals surface area contributed by atoms with Gasteiger partial charge in [-0.2, -0.15) is 0 Å². The van der Waals surface area contributed by atoms with Crippen LogP contribution in [-0.2, 0) is 0 Å². The van der Waals surface area contributed by atoms with Crippen LogP contribution in [0.25, 0.3) is 22.3 Å². The number of unbranched alkanes of at least 4 members (excludes halogenated alkanes) is 4. The minimum Gasteiger partial charge on any atom is -1.00 e. The zero-order chi connectivity index (χ0) is 82.0. The summed E-state index contributed by atoms with van der Waals surface area (Å²) in [6.45, 7) is 18.2. The third-order valence-corrected chi connectivity index (χ3v) is 30.0. The van der Waals surface area contributed by atoms with Crippen molar-refractivity contribution in [1.29, 1.82) is 0 Å². The first kappa shape index (κ1) is 96.9. The minimum atomic E-state index is 0. The molecule has 16 rings (SSSR count). The van der Waals surface area contributed by atoms with Gasteiger partial charge in [0, 0.05) is 158 Å². The number of para-hydroxylation sites is 8. The summed E-state index contributed by atoms with van der Waals surface area (Å²) in [5.41, 5.74) is 21.4. The fourth-order valence-corrected chi connectivity index (χ4v) is 22.6. The Kier molecular flexibility index (Phi) is 35.2. The second-order valence-corrected chi connectivity index (χ2v) is 40.3. The van der Waals surface area contributed by atoms with Crippen LogP contribution < -0.4 is 135 Å². The summed E-state index contributed by atoms with van der Waals surface area (Å²) in [4.78, 5) is 25.0. The van der Waals surface area contributed by atoms with Crippen molar-refractivity contribution in [1.82, 2.24) is 0 Å². The van der Waals surface area contributed by atoms with Crippen LogP contribution in [0.2, 0.25) is 0 Å². The number of allylic oxidation sites excluding steroid dienone is 8. The van der Waals surface area contributed by atoms with Gasteiger partial charge in [0.1, 0.15) is 0 Å². The average molecular weight is 2160 g/mol. The van der Waals surface area contributed by atoms with E-state index in [1.165, 1.54) is 246 Å². The lowest BCUT2D eigenvalue weighted by molar-refractivity contribution is -0.909. The van der Waals surface area contributed by atoms with Crippen molar-refractivity contribution >= 4 is 115 Å². The van der Waals surface area contributed by atoms with Gasteiger partial charge >= 0.3 is 0 Å². The molecule has 0 atom stereocenters. The molecule has 0 aromatic heterocycles. The van der Waals surface area contributed by atoms with Crippen molar-refractivity contribution in [2.45, 2.75) is 83.8 Å². The Morgan fingerprint density at radius 1 is 0.238 bits per heavy atom. The van der Waals surface area contributed by atoms with Crippen molar-refractivity contribution in [2.75, 3.05) is 228 Å². The molecule has 0 aliphatic carbocycles. The predicted octanol–water partition coefficient (Wildman–Crippen LogP) is 10.1. The van der Waals surface area contributed by atoms with E-state index in [1.54, 1.807) is 0 Å². The molecule has 0 fully saturated rings. The molecule has 0 amide bonds. The Balaban J connectivity index is 0.000000230. The van der Waals surface area contributed by atoms with Crippen molar-refractivity contribution in [2.24, 2.45) is 0 Å². The number of anilines is 8. The van der Waals surface area contributed by atoms with Crippen LogP contribution >= 0.6 is 47.0 Å². The molecule has 122 heavy (non-hydrogen) atoms. The number of benzene rings is 8. The molecule has 8 aromatic rings. The predicted molar refractivity (Wildman–Crippen MR) is 515 cm³/mol. The number of hydrogen-bond acceptors (Lipinski definition) is 12. The molecular formula is C102H128I4N12S4. The molecule has 8 aromatic carbocycles. The van der Waals surface area contributed by atoms with Gasteiger partial charge in [-0.05, 0) is 171 Å². The highest BCUT2D eigenvalue weighted by atomic mass is 127. The molecule has 0 spiro atoms. The van der Waals surface area contributed by atoms with E-state index in [0.717, 1.165) is 70.3 Å². The quantitative estimate of drug-likeness (QED) is 0.0228. The highest BCUT2D eigenvalue weighted by Crippen LogP contribution is 2.51. The van der Waals surface area contributed by atoms with E-state index in [9.17, 15) is 0 Å². The van der Waals surface area contributed by atoms with Crippen LogP contribution in [0.5, 0.6) is 0 Å². The third kappa shape index (κ3) is 24.2. The number of quaternary nitrogens is 4. The summed E-state index contributed by atoms with van der Waals surface area (Å²) >= 11 is 7.49. The molecule has 648 valence electrons. The van der Waals surface area contributed by atoms with E-state index < -0.39 is 0 Å². The SMILES string of the molecule is CN1C(=CC2=CCN(CCCC[N+](C)(C)CCC[N+](C)(C)CCCCN3CC=C(C=C4Sc5ccccc5N4C)c4ccccc43)c3ccccc32)Sc2ccccc21.CN1C(=CC2=CCN(CCCC[N+](C)(C)CCC[N+](C)(C)CCCCN3CC=C(C=C4Sc5ccccc5N4C)c4ccccc43)c3ccccc32)Sc2ccccc21.[I-].[I-].[I-].[I-]. The topological polar surface area (TPSA) is 25.9 Å². The van der Waals surface area contributed by atoms with Crippen LogP contribution in [0.3, 0.4) is 0 Å². The number of rotatable bonds is 32. The first-order valence-corrected chi connectivity index (χ1v) is 46.7. The number of nitrogens with zero attached hydrogens (tertiary/aromatic N) is 12. The first-order chi connectivity index (χ1) is 57.1. The average Bonchev–Trinajstić information content (AvgIpc) is 1.76. The molecule has 12 nitrogen and oxygen atoms in total. The number of fused-ring (bicyclic) bond motifs is 8. The van der Waals surface area contributed by atoms with E-state index >= 15 is 0 Å². The van der Waals surface area contributed by atoms with Crippen LogP contribution in [0.4, 0.5) is 45.5 Å². The summed E-state index contributed by atoms with van der Waals surface area (Å²) in [6, 6.07) is 70.8. The summed E-state index contributed by atoms with van der Waals surface area (Å²) in [7, 11) is 28.2. The molecule has 0 radical (unpaired) electrons. The maximum atomic E-state index is 2.59. The zero-order valence-corrected chi connectivity index (χ0v) is 85.9. The van der Waals surface area contributed by atoms with E-state index in [-0.39, 0.29) is 95.9 Å². The molecule has 20 heteroatoms. The highest BCUT2D eigenvalue weighted by Gasteiger charge is 2.31. The smallest absolute Gasteiger partial charge is 0.0836 e. The first-order valence-electron chi connectivity index (χ1n) is 43.5. The van der Waals surface area contributed by atoms with Crippen LogP contribution in [0.15, 0.2) is 282 Å². The van der Waals surface area contributed by atoms with Crippen LogP contribution in [0, 0.1) is 0 Å². The van der Waals surface area contributed by atoms with Gasteiger partial charge in [-0.25, -0.2) is 0 Å². The molecule has 8 heterocycles. The molecule has 8 aliphatic heterocycles. The number of halogens is 4. The van der Waals surface area contributed by atoms with E-state index in [0.29, 0.717) is 0 Å². The van der Waals surface area contributed by atoms with Gasteiger partial charge in [0.25, 0.3) is 0 Å². The maximum absolute atomic E-state index is 2.59. The molecule has 0 bridgehead atoms. The second kappa shape index (κ2) is 44.3. The Hall–Kier alpha value is -5.76. The lowest BCUT2D eigenvalue weighted by atomic mass is 9.98. The summed E-state index contributed by atoms with van der Waals surface area (Å²) < 4.78 is 4.41. The van der Waals surface area contributed by atoms with E-state index in [1.807, 2.05) is 47.0 Å². The number of hydrogen-bond donors (Lipinski definition) is 0. The molecule has 0 N–H and O–H groups in total. The normalized spacial score (nSPS) is 17.0. The summed E-state index contributed by atoms with van der Waals surface area (Å²) in [6.07, 6.45) is 31.7. The van der Waals surface area contributed by atoms with E-state index in [2.05, 4.69) is 367 Å². The Morgan fingerprint density at radius 3 is 0.623 bits per heavy atom. The standard InChI is InChI=1S/2C51H64N6S2.4HI/c2*1-52-46-24-11-13-26-48(46)58-50(52)38-40-28-32-54(44-22-9-7-20-42(40)44)30-15-17-34-56(3,4)36-19-37-57(5,6)35-18-16-31-55-33-29-41(43-21-8-10-23-45(43)55)39-51-53(2)47-25-12-14-27-49(47)59-51;;;;/h2*7-14,20-29,38-39H,15-19,30-37H2,1-6H3;4*1H/q2*+2;;;;/p-4. The second-order valence-electron chi connectivity index (χ2n) is 36.0. The zero-order valence-electron chi connectivity index (χ0n) is 74.0. The fourth-order valence-electron chi connectivity index (χ4n) is 18.2. The molecular weight excluding hydrogens is 2030 g/mol. The molecule has 0 unspecified atom stereocenters. The van der Waals surface area contributed by atoms with Gasteiger partial charge in [-0.1, -0.05) is 193 Å². The minimum absolute atomic E-state index is 0. The fraction of sp³-hybridized carbons (Fsp3) is 0.373. The van der Waals surface area contributed by atoms with Gasteiger partial charge in [-0.3, -0.25) is 0 Å². The lowest BCUT2D eigenvalue weighted by Crippen LogP contribution is -3.00. The highest BCUT2D eigenvalue weighted by molar-refractivity contribution is 8.04. The van der Waals surface area contributed by atoms with Gasteiger partial charge < -0.3 is 153 Å². The summed E-state index contributed by atoms with van der Waals surface area (Å²) in [5, 5.41) is 5.17. The lowest BCUT2D eigenvalue weighted by Gasteiger charge is -2.35. The monoisotopic (exact) mass is 2160 g/mol. The Morgan fingerprint density at radius 2 is 0.418 bits per heavy atom. The van der Waals surface area contributed by atoms with Gasteiger partial charge in [0.2, 0.25) is 0 Å². The largest absolute Gasteiger partial charge is 1.00 e. The Bertz CT molecular complexity index is 4530. The van der Waals surface area contributed by atoms with Crippen molar-refractivity contribution in [3.8, 4) is 0 Å². The van der Waals surface area contributed by atoms with Crippen molar-refractivity contribution in [3.05, 3.63) is 285 Å². The molecule has 8 aliphatic rings. The van der Waals surface area contributed by atoms with Crippen molar-refractivity contribution in [3.63, 3.8) is 0 Å². The van der Waals surface area contributed by atoms with Crippen LogP contribution in [0.1, 0.15) is 86.5 Å². The number of thioether (sulfide) groups is 4. The van der Waals surface area contributed by atoms with E-state index in [4.69, 9.17) is 0 Å². The van der Waals surface area contributed by atoms with Gasteiger partial charge in [-0.15, -0.1) is 0 Å². The van der Waals surface area contributed by atoms with Gasteiger partial charge in [0.05, 0.1) is 152 Å². The Labute approximate surface area is 817 Å². The summed E-state index contributed by atoms with van der Waals surface area (Å²) in [5.74, 6) is 0. The van der Waals surface area contributed by atoms with Crippen LogP contribution in [-0.4, -0.2) is 207 Å². The van der Waals surface area contributed by atoms with Crippen molar-refractivity contribution < 1.29 is 114 Å². The molecule has 0 saturated carbocycles.